The minimum Gasteiger partial charge on any atom is -0.353 e. The maximum atomic E-state index is 13.8. The number of ketones is 1. The fourth-order valence-corrected chi connectivity index (χ4v) is 2.89. The summed E-state index contributed by atoms with van der Waals surface area (Å²) in [4.78, 5) is 12.8. The molecule has 0 unspecified atom stereocenters. The van der Waals surface area contributed by atoms with Crippen molar-refractivity contribution in [2.75, 3.05) is 5.32 Å². The maximum absolute atomic E-state index is 13.8. The summed E-state index contributed by atoms with van der Waals surface area (Å²) >= 11 is 6.28. The first-order chi connectivity index (χ1) is 12.9. The Kier molecular flexibility index (Phi) is 5.25. The monoisotopic (exact) mass is 381 g/mol. The van der Waals surface area contributed by atoms with Crippen LogP contribution in [0.25, 0.3) is 0 Å². The lowest BCUT2D eigenvalue weighted by Crippen LogP contribution is -2.05. The zero-order chi connectivity index (χ0) is 19.6. The molecule has 0 aromatic heterocycles. The van der Waals surface area contributed by atoms with Gasteiger partial charge in [0, 0.05) is 28.4 Å². The fourth-order valence-electron chi connectivity index (χ4n) is 2.62. The van der Waals surface area contributed by atoms with Crippen LogP contribution in [-0.2, 0) is 0 Å². The van der Waals surface area contributed by atoms with Crippen molar-refractivity contribution in [3.05, 3.63) is 93.5 Å². The third-order valence-corrected chi connectivity index (χ3v) is 4.39. The van der Waals surface area contributed by atoms with E-state index in [9.17, 15) is 13.6 Å². The first kappa shape index (κ1) is 18.6. The SMILES string of the molecule is C#Cc1ccc(C)c(C(=O)c2ccc(Nc3ccc(F)cc3F)cc2Cl)c1. The third-order valence-electron chi connectivity index (χ3n) is 4.07. The van der Waals surface area contributed by atoms with Crippen LogP contribution in [0.15, 0.2) is 54.6 Å². The number of hydrogen-bond acceptors (Lipinski definition) is 2. The molecule has 0 atom stereocenters. The molecule has 3 aromatic rings. The second-order valence-corrected chi connectivity index (χ2v) is 6.35. The molecule has 0 bridgehead atoms. The molecule has 0 fully saturated rings. The van der Waals surface area contributed by atoms with Gasteiger partial charge in [0.05, 0.1) is 10.7 Å². The maximum Gasteiger partial charge on any atom is 0.194 e. The van der Waals surface area contributed by atoms with E-state index in [4.69, 9.17) is 18.0 Å². The van der Waals surface area contributed by atoms with Crippen LogP contribution in [0.1, 0.15) is 27.0 Å². The smallest absolute Gasteiger partial charge is 0.194 e. The van der Waals surface area contributed by atoms with Gasteiger partial charge in [-0.2, -0.15) is 0 Å². The molecule has 2 nitrogen and oxygen atoms in total. The zero-order valence-corrected chi connectivity index (χ0v) is 15.1. The van der Waals surface area contributed by atoms with Gasteiger partial charge in [-0.3, -0.25) is 4.79 Å². The number of benzene rings is 3. The molecule has 3 rings (SSSR count). The summed E-state index contributed by atoms with van der Waals surface area (Å²) in [6.07, 6.45) is 5.40. The molecule has 0 saturated carbocycles. The molecule has 3 aromatic carbocycles. The molecular formula is C22H14ClF2NO. The van der Waals surface area contributed by atoms with Crippen molar-refractivity contribution in [3.63, 3.8) is 0 Å². The Balaban J connectivity index is 1.91. The predicted octanol–water partition coefficient (Wildman–Crippen LogP) is 5.88. The standard InChI is InChI=1S/C22H14ClF2NO/c1-3-14-5-4-13(2)18(10-14)22(27)17-8-7-16(12-19(17)23)26-21-9-6-15(24)11-20(21)25/h1,4-12,26H,2H3. The van der Waals surface area contributed by atoms with E-state index >= 15 is 0 Å². The van der Waals surface area contributed by atoms with Crippen molar-refractivity contribution >= 4 is 28.8 Å². The summed E-state index contributed by atoms with van der Waals surface area (Å²) in [5.41, 5.74) is 2.73. The second kappa shape index (κ2) is 7.61. The minimum absolute atomic E-state index is 0.101. The highest BCUT2D eigenvalue weighted by molar-refractivity contribution is 6.35. The lowest BCUT2D eigenvalue weighted by Gasteiger charge is -2.11. The van der Waals surface area contributed by atoms with Crippen LogP contribution in [0.5, 0.6) is 0 Å². The summed E-state index contributed by atoms with van der Waals surface area (Å²) < 4.78 is 26.8. The van der Waals surface area contributed by atoms with Crippen LogP contribution in [0.2, 0.25) is 5.02 Å². The topological polar surface area (TPSA) is 29.1 Å². The Hall–Kier alpha value is -3.16. The lowest BCUT2D eigenvalue weighted by atomic mass is 9.97. The van der Waals surface area contributed by atoms with E-state index in [2.05, 4.69) is 11.2 Å². The largest absolute Gasteiger partial charge is 0.353 e. The Bertz CT molecular complexity index is 1090. The van der Waals surface area contributed by atoms with Crippen molar-refractivity contribution < 1.29 is 13.6 Å². The number of hydrogen-bond donors (Lipinski definition) is 1. The molecule has 1 N–H and O–H groups in total. The van der Waals surface area contributed by atoms with Gasteiger partial charge in [-0.1, -0.05) is 23.6 Å². The highest BCUT2D eigenvalue weighted by Gasteiger charge is 2.16. The molecule has 0 saturated heterocycles. The molecule has 5 heteroatoms. The highest BCUT2D eigenvalue weighted by Crippen LogP contribution is 2.28. The molecule has 134 valence electrons. The summed E-state index contributed by atoms with van der Waals surface area (Å²) in [6.45, 7) is 1.81. The average molecular weight is 382 g/mol. The van der Waals surface area contributed by atoms with E-state index in [1.165, 1.54) is 12.1 Å². The van der Waals surface area contributed by atoms with Crippen LogP contribution in [0, 0.1) is 30.9 Å². The third kappa shape index (κ3) is 3.99. The number of terminal acetylenes is 1. The molecule has 0 aliphatic heterocycles. The van der Waals surface area contributed by atoms with Crippen molar-refractivity contribution in [3.8, 4) is 12.3 Å². The Morgan fingerprint density at radius 3 is 2.48 bits per heavy atom. The molecule has 0 radical (unpaired) electrons. The van der Waals surface area contributed by atoms with Crippen LogP contribution in [0.4, 0.5) is 20.2 Å². The minimum atomic E-state index is -0.729. The van der Waals surface area contributed by atoms with E-state index in [0.29, 0.717) is 22.4 Å². The summed E-state index contributed by atoms with van der Waals surface area (Å²) in [6, 6.07) is 13.1. The molecule has 0 aliphatic carbocycles. The average Bonchev–Trinajstić information content (AvgIpc) is 2.64. The van der Waals surface area contributed by atoms with Gasteiger partial charge in [0.25, 0.3) is 0 Å². The number of anilines is 2. The van der Waals surface area contributed by atoms with Gasteiger partial charge in [0.2, 0.25) is 0 Å². The predicted molar refractivity (Wildman–Crippen MR) is 104 cm³/mol. The van der Waals surface area contributed by atoms with Crippen LogP contribution in [0.3, 0.4) is 0 Å². The molecule has 0 heterocycles. The molecule has 0 spiro atoms. The summed E-state index contributed by atoms with van der Waals surface area (Å²) in [5, 5.41) is 3.02. The molecule has 0 aliphatic rings. The quantitative estimate of drug-likeness (QED) is 0.451. The lowest BCUT2D eigenvalue weighted by molar-refractivity contribution is 0.103. The van der Waals surface area contributed by atoms with Crippen LogP contribution < -0.4 is 5.32 Å². The number of nitrogens with one attached hydrogen (secondary N) is 1. The van der Waals surface area contributed by atoms with Crippen molar-refractivity contribution in [1.29, 1.82) is 0 Å². The van der Waals surface area contributed by atoms with Gasteiger partial charge in [0.15, 0.2) is 5.78 Å². The van der Waals surface area contributed by atoms with E-state index in [-0.39, 0.29) is 16.5 Å². The van der Waals surface area contributed by atoms with Crippen molar-refractivity contribution in [2.24, 2.45) is 0 Å². The van der Waals surface area contributed by atoms with E-state index < -0.39 is 11.6 Å². The van der Waals surface area contributed by atoms with E-state index in [1.54, 1.807) is 30.3 Å². The second-order valence-electron chi connectivity index (χ2n) is 5.95. The molecule has 27 heavy (non-hydrogen) atoms. The van der Waals surface area contributed by atoms with Crippen molar-refractivity contribution in [1.82, 2.24) is 0 Å². The van der Waals surface area contributed by atoms with Crippen LogP contribution >= 0.6 is 11.6 Å². The first-order valence-electron chi connectivity index (χ1n) is 8.02. The zero-order valence-electron chi connectivity index (χ0n) is 14.3. The normalized spacial score (nSPS) is 10.3. The number of aryl methyl sites for hydroxylation is 1. The van der Waals surface area contributed by atoms with Gasteiger partial charge in [-0.15, -0.1) is 6.42 Å². The van der Waals surface area contributed by atoms with Gasteiger partial charge < -0.3 is 5.32 Å². The fraction of sp³-hybridized carbons (Fsp3) is 0.0455. The number of carbonyl (C=O) groups is 1. The van der Waals surface area contributed by atoms with Gasteiger partial charge in [0.1, 0.15) is 11.6 Å². The number of halogens is 3. The number of carbonyl (C=O) groups excluding carboxylic acids is 1. The summed E-state index contributed by atoms with van der Waals surface area (Å²) in [7, 11) is 0. The molecular weight excluding hydrogens is 368 g/mol. The molecule has 0 amide bonds. The highest BCUT2D eigenvalue weighted by atomic mass is 35.5. The first-order valence-corrected chi connectivity index (χ1v) is 8.40. The Labute approximate surface area is 160 Å². The van der Waals surface area contributed by atoms with Gasteiger partial charge in [-0.05, 0) is 55.0 Å². The van der Waals surface area contributed by atoms with E-state index in [0.717, 1.165) is 17.7 Å². The van der Waals surface area contributed by atoms with Gasteiger partial charge in [-0.25, -0.2) is 8.78 Å². The Morgan fingerprint density at radius 2 is 1.81 bits per heavy atom. The number of rotatable bonds is 4. The van der Waals surface area contributed by atoms with Crippen molar-refractivity contribution in [2.45, 2.75) is 6.92 Å². The summed E-state index contributed by atoms with van der Waals surface area (Å²) in [5.74, 6) is 0.854. The van der Waals surface area contributed by atoms with E-state index in [1.807, 2.05) is 6.92 Å². The Morgan fingerprint density at radius 1 is 1.04 bits per heavy atom. The van der Waals surface area contributed by atoms with Crippen LogP contribution in [-0.4, -0.2) is 5.78 Å². The van der Waals surface area contributed by atoms with Gasteiger partial charge >= 0.3 is 0 Å².